The van der Waals surface area contributed by atoms with E-state index in [1.807, 2.05) is 0 Å². The standard InChI is InChI=1S/C13H24N2O4/c1-8(13(2,3)4)5-14-12(18)15-10-7-19-6-9(10)11(16)17/h8-10H,5-7H2,1-4H3,(H,16,17)(H2,14,15,18). The number of urea groups is 1. The lowest BCUT2D eigenvalue weighted by molar-refractivity contribution is -0.142. The molecule has 0 radical (unpaired) electrons. The summed E-state index contributed by atoms with van der Waals surface area (Å²) in [4.78, 5) is 22.7. The number of carboxylic acids is 1. The molecule has 0 spiro atoms. The maximum atomic E-state index is 11.7. The lowest BCUT2D eigenvalue weighted by atomic mass is 9.82. The van der Waals surface area contributed by atoms with Gasteiger partial charge in [0.05, 0.1) is 19.3 Å². The number of hydrogen-bond donors (Lipinski definition) is 3. The van der Waals surface area contributed by atoms with Gasteiger partial charge in [-0.3, -0.25) is 4.79 Å². The van der Waals surface area contributed by atoms with E-state index in [0.717, 1.165) is 0 Å². The van der Waals surface area contributed by atoms with Crippen LogP contribution in [0.1, 0.15) is 27.7 Å². The second-order valence-electron chi connectivity index (χ2n) is 6.21. The molecule has 1 saturated heterocycles. The Labute approximate surface area is 113 Å². The van der Waals surface area contributed by atoms with Crippen molar-refractivity contribution in [2.75, 3.05) is 19.8 Å². The molecule has 0 bridgehead atoms. The molecule has 1 aliphatic heterocycles. The average Bonchev–Trinajstić information content (AvgIpc) is 2.72. The molecule has 19 heavy (non-hydrogen) atoms. The van der Waals surface area contributed by atoms with E-state index in [1.165, 1.54) is 0 Å². The number of carbonyl (C=O) groups excluding carboxylic acids is 1. The van der Waals surface area contributed by atoms with Crippen LogP contribution in [0.2, 0.25) is 0 Å². The van der Waals surface area contributed by atoms with Crippen LogP contribution >= 0.6 is 0 Å². The summed E-state index contributed by atoms with van der Waals surface area (Å²) in [7, 11) is 0. The van der Waals surface area contributed by atoms with Gasteiger partial charge in [0, 0.05) is 6.54 Å². The van der Waals surface area contributed by atoms with Gasteiger partial charge in [-0.05, 0) is 11.3 Å². The van der Waals surface area contributed by atoms with Gasteiger partial charge in [0.1, 0.15) is 5.92 Å². The van der Waals surface area contributed by atoms with Crippen LogP contribution in [0.5, 0.6) is 0 Å². The van der Waals surface area contributed by atoms with Crippen molar-refractivity contribution in [3.63, 3.8) is 0 Å². The number of ether oxygens (including phenoxy) is 1. The largest absolute Gasteiger partial charge is 0.481 e. The zero-order valence-corrected chi connectivity index (χ0v) is 12.0. The van der Waals surface area contributed by atoms with Gasteiger partial charge < -0.3 is 20.5 Å². The average molecular weight is 272 g/mol. The number of hydrogen-bond acceptors (Lipinski definition) is 3. The number of nitrogens with one attached hydrogen (secondary N) is 2. The third-order valence-electron chi connectivity index (χ3n) is 3.76. The number of rotatable bonds is 4. The van der Waals surface area contributed by atoms with Crippen LogP contribution in [-0.4, -0.2) is 42.9 Å². The molecule has 2 amide bonds. The zero-order chi connectivity index (χ0) is 14.6. The van der Waals surface area contributed by atoms with Crippen molar-refractivity contribution in [3.05, 3.63) is 0 Å². The highest BCUT2D eigenvalue weighted by atomic mass is 16.5. The molecular formula is C13H24N2O4. The van der Waals surface area contributed by atoms with Crippen molar-refractivity contribution in [3.8, 4) is 0 Å². The van der Waals surface area contributed by atoms with Gasteiger partial charge in [-0.25, -0.2) is 4.79 Å². The molecule has 1 rings (SSSR count). The molecule has 0 aliphatic carbocycles. The van der Waals surface area contributed by atoms with Crippen LogP contribution in [0.15, 0.2) is 0 Å². The molecule has 6 nitrogen and oxygen atoms in total. The van der Waals surface area contributed by atoms with Gasteiger partial charge in [-0.1, -0.05) is 27.7 Å². The van der Waals surface area contributed by atoms with Crippen molar-refractivity contribution in [1.29, 1.82) is 0 Å². The normalized spacial score (nSPS) is 24.8. The molecule has 1 aliphatic rings. The fourth-order valence-corrected chi connectivity index (χ4v) is 1.71. The third-order valence-corrected chi connectivity index (χ3v) is 3.76. The summed E-state index contributed by atoms with van der Waals surface area (Å²) < 4.78 is 5.09. The maximum Gasteiger partial charge on any atom is 0.315 e. The molecule has 3 atom stereocenters. The van der Waals surface area contributed by atoms with E-state index in [0.29, 0.717) is 12.5 Å². The maximum absolute atomic E-state index is 11.7. The monoisotopic (exact) mass is 272 g/mol. The van der Waals surface area contributed by atoms with Crippen LogP contribution in [-0.2, 0) is 9.53 Å². The summed E-state index contributed by atoms with van der Waals surface area (Å²) >= 11 is 0. The molecule has 3 N–H and O–H groups in total. The van der Waals surface area contributed by atoms with Crippen molar-refractivity contribution in [1.82, 2.24) is 10.6 Å². The zero-order valence-electron chi connectivity index (χ0n) is 12.0. The first kappa shape index (κ1) is 15.8. The number of carboxylic acid groups (broad SMARTS) is 1. The molecule has 0 aromatic rings. The summed E-state index contributed by atoms with van der Waals surface area (Å²) in [5.41, 5.74) is 0.118. The predicted molar refractivity (Wildman–Crippen MR) is 70.9 cm³/mol. The van der Waals surface area contributed by atoms with E-state index in [1.54, 1.807) is 0 Å². The summed E-state index contributed by atoms with van der Waals surface area (Å²) in [6, 6.07) is -0.791. The fourth-order valence-electron chi connectivity index (χ4n) is 1.71. The summed E-state index contributed by atoms with van der Waals surface area (Å²) in [6.07, 6.45) is 0. The van der Waals surface area contributed by atoms with E-state index in [2.05, 4.69) is 38.3 Å². The van der Waals surface area contributed by atoms with Crippen LogP contribution in [0.25, 0.3) is 0 Å². The first-order valence-corrected chi connectivity index (χ1v) is 6.56. The third kappa shape index (κ3) is 4.70. The SMILES string of the molecule is CC(CNC(=O)NC1COCC1C(=O)O)C(C)(C)C. The molecule has 6 heteroatoms. The Hall–Kier alpha value is -1.30. The smallest absolute Gasteiger partial charge is 0.315 e. The predicted octanol–water partition coefficient (Wildman–Crippen LogP) is 1.07. The van der Waals surface area contributed by atoms with Gasteiger partial charge in [0.15, 0.2) is 0 Å². The Morgan fingerprint density at radius 1 is 1.37 bits per heavy atom. The minimum Gasteiger partial charge on any atom is -0.481 e. The Balaban J connectivity index is 2.37. The van der Waals surface area contributed by atoms with Crippen LogP contribution in [0, 0.1) is 17.3 Å². The van der Waals surface area contributed by atoms with Crippen molar-refractivity contribution in [2.45, 2.75) is 33.7 Å². The Bertz CT molecular complexity index is 338. The first-order valence-electron chi connectivity index (χ1n) is 6.56. The van der Waals surface area contributed by atoms with E-state index in [9.17, 15) is 9.59 Å². The van der Waals surface area contributed by atoms with E-state index in [-0.39, 0.29) is 24.7 Å². The highest BCUT2D eigenvalue weighted by molar-refractivity contribution is 5.77. The summed E-state index contributed by atoms with van der Waals surface area (Å²) in [5, 5.41) is 14.4. The van der Waals surface area contributed by atoms with Crippen LogP contribution in [0.4, 0.5) is 4.79 Å². The molecule has 0 aromatic carbocycles. The second kappa shape index (κ2) is 6.23. The quantitative estimate of drug-likeness (QED) is 0.714. The van der Waals surface area contributed by atoms with Crippen molar-refractivity contribution in [2.24, 2.45) is 17.3 Å². The van der Waals surface area contributed by atoms with Crippen LogP contribution in [0.3, 0.4) is 0 Å². The number of carbonyl (C=O) groups is 2. The van der Waals surface area contributed by atoms with E-state index < -0.39 is 17.9 Å². The molecule has 3 unspecified atom stereocenters. The number of aliphatic carboxylic acids is 1. The van der Waals surface area contributed by atoms with Gasteiger partial charge in [-0.15, -0.1) is 0 Å². The lowest BCUT2D eigenvalue weighted by Crippen LogP contribution is -2.48. The van der Waals surface area contributed by atoms with E-state index in [4.69, 9.17) is 9.84 Å². The fraction of sp³-hybridized carbons (Fsp3) is 0.846. The van der Waals surface area contributed by atoms with Gasteiger partial charge >= 0.3 is 12.0 Å². The van der Waals surface area contributed by atoms with E-state index >= 15 is 0 Å². The lowest BCUT2D eigenvalue weighted by Gasteiger charge is -2.27. The molecular weight excluding hydrogens is 248 g/mol. The molecule has 0 saturated carbocycles. The van der Waals surface area contributed by atoms with Crippen molar-refractivity contribution < 1.29 is 19.4 Å². The Morgan fingerprint density at radius 2 is 2.00 bits per heavy atom. The first-order chi connectivity index (χ1) is 8.71. The van der Waals surface area contributed by atoms with Gasteiger partial charge in [0.2, 0.25) is 0 Å². The minimum absolute atomic E-state index is 0.118. The second-order valence-corrected chi connectivity index (χ2v) is 6.21. The molecule has 1 heterocycles. The van der Waals surface area contributed by atoms with Crippen molar-refractivity contribution >= 4 is 12.0 Å². The molecule has 1 fully saturated rings. The van der Waals surface area contributed by atoms with Crippen LogP contribution < -0.4 is 10.6 Å². The Kier molecular flexibility index (Phi) is 5.17. The van der Waals surface area contributed by atoms with Gasteiger partial charge in [0.25, 0.3) is 0 Å². The van der Waals surface area contributed by atoms with Gasteiger partial charge in [-0.2, -0.15) is 0 Å². The topological polar surface area (TPSA) is 87.7 Å². The summed E-state index contributed by atoms with van der Waals surface area (Å²) in [5.74, 6) is -1.27. The minimum atomic E-state index is -0.939. The highest BCUT2D eigenvalue weighted by Gasteiger charge is 2.35. The summed E-state index contributed by atoms with van der Waals surface area (Å²) in [6.45, 7) is 9.37. The number of amides is 2. The molecule has 0 aromatic heterocycles. The highest BCUT2D eigenvalue weighted by Crippen LogP contribution is 2.24. The molecule has 110 valence electrons. The Morgan fingerprint density at radius 3 is 2.53 bits per heavy atom.